The van der Waals surface area contributed by atoms with Gasteiger partial charge in [-0.1, -0.05) is 18.2 Å². The number of aliphatic imine (C=N–C) groups is 1. The molecule has 2 aliphatic rings. The minimum Gasteiger partial charge on any atom is -0.379 e. The molecule has 1 aromatic carbocycles. The Kier molecular flexibility index (Phi) is 11.0. The monoisotopic (exact) mass is 518 g/mol. The summed E-state index contributed by atoms with van der Waals surface area (Å²) in [4.78, 5) is 11.3. The number of hydrogen-bond acceptors (Lipinski definition) is 4. The van der Waals surface area contributed by atoms with Gasteiger partial charge >= 0.3 is 0 Å². The fourth-order valence-corrected chi connectivity index (χ4v) is 4.72. The fourth-order valence-electron chi connectivity index (χ4n) is 3.67. The van der Waals surface area contributed by atoms with Crippen LogP contribution >= 0.6 is 35.7 Å². The minimum atomic E-state index is 0. The Morgan fingerprint density at radius 3 is 2.71 bits per heavy atom. The van der Waals surface area contributed by atoms with E-state index in [1.54, 1.807) is 0 Å². The number of rotatable bonds is 7. The molecule has 0 spiro atoms. The van der Waals surface area contributed by atoms with E-state index in [0.717, 1.165) is 64.4 Å². The fraction of sp³-hybridized carbons (Fsp3) is 0.667. The maximum absolute atomic E-state index is 5.46. The van der Waals surface area contributed by atoms with Crippen LogP contribution in [0.25, 0.3) is 0 Å². The molecule has 0 aliphatic carbocycles. The highest BCUT2D eigenvalue weighted by Gasteiger charge is 2.25. The second-order valence-corrected chi connectivity index (χ2v) is 8.51. The van der Waals surface area contributed by atoms with Crippen molar-refractivity contribution in [1.82, 2.24) is 15.1 Å². The van der Waals surface area contributed by atoms with Crippen LogP contribution in [-0.4, -0.2) is 80.0 Å². The van der Waals surface area contributed by atoms with Crippen molar-refractivity contribution < 1.29 is 4.74 Å². The summed E-state index contributed by atoms with van der Waals surface area (Å²) in [7, 11) is 0. The molecule has 5 nitrogen and oxygen atoms in total. The molecule has 0 amide bonds. The average molecular weight is 519 g/mol. The Morgan fingerprint density at radius 2 is 2.00 bits per heavy atom. The van der Waals surface area contributed by atoms with Gasteiger partial charge < -0.3 is 15.0 Å². The molecule has 0 aromatic heterocycles. The Labute approximate surface area is 191 Å². The van der Waals surface area contributed by atoms with E-state index >= 15 is 0 Å². The molecular weight excluding hydrogens is 483 g/mol. The zero-order valence-electron chi connectivity index (χ0n) is 17.2. The first-order valence-corrected chi connectivity index (χ1v) is 11.3. The van der Waals surface area contributed by atoms with Crippen LogP contribution in [-0.2, 0) is 4.74 Å². The quantitative estimate of drug-likeness (QED) is 0.259. The molecule has 2 atom stereocenters. The van der Waals surface area contributed by atoms with Gasteiger partial charge in [0.05, 0.1) is 19.8 Å². The number of morpholine rings is 1. The topological polar surface area (TPSA) is 40.1 Å². The van der Waals surface area contributed by atoms with E-state index in [2.05, 4.69) is 59.3 Å². The van der Waals surface area contributed by atoms with Gasteiger partial charge in [-0.25, -0.2) is 0 Å². The van der Waals surface area contributed by atoms with Crippen molar-refractivity contribution in [1.29, 1.82) is 0 Å². The first-order chi connectivity index (χ1) is 13.3. The summed E-state index contributed by atoms with van der Waals surface area (Å²) < 4.78 is 5.46. The van der Waals surface area contributed by atoms with E-state index in [1.165, 1.54) is 17.1 Å². The first-order valence-electron chi connectivity index (χ1n) is 10.3. The molecule has 2 aliphatic heterocycles. The number of nitrogens with zero attached hydrogens (tertiary/aromatic N) is 3. The molecule has 2 saturated heterocycles. The molecule has 1 aromatic rings. The van der Waals surface area contributed by atoms with Gasteiger partial charge in [-0.2, -0.15) is 0 Å². The van der Waals surface area contributed by atoms with Crippen LogP contribution in [0.1, 0.15) is 20.3 Å². The number of hydrogen-bond donors (Lipinski definition) is 1. The SMILES string of the molecule is CCNC(=NCC(C)N1CCOCC1)N1CCC(CSc2ccccc2)C1.I. The van der Waals surface area contributed by atoms with Gasteiger partial charge in [0.2, 0.25) is 0 Å². The van der Waals surface area contributed by atoms with Crippen molar-refractivity contribution in [2.24, 2.45) is 10.9 Å². The highest BCUT2D eigenvalue weighted by molar-refractivity contribution is 14.0. The number of halogens is 1. The number of likely N-dealkylation sites (tertiary alicyclic amines) is 1. The number of thioether (sulfide) groups is 1. The van der Waals surface area contributed by atoms with Crippen LogP contribution in [0.2, 0.25) is 0 Å². The van der Waals surface area contributed by atoms with Crippen molar-refractivity contribution in [3.63, 3.8) is 0 Å². The Balaban J connectivity index is 0.00000280. The van der Waals surface area contributed by atoms with Crippen molar-refractivity contribution in [2.45, 2.75) is 31.2 Å². The Hall–Kier alpha value is -0.510. The van der Waals surface area contributed by atoms with Gasteiger partial charge in [-0.05, 0) is 38.3 Å². The van der Waals surface area contributed by atoms with Gasteiger partial charge in [-0.3, -0.25) is 9.89 Å². The van der Waals surface area contributed by atoms with E-state index in [-0.39, 0.29) is 24.0 Å². The van der Waals surface area contributed by atoms with Gasteiger partial charge in [0.25, 0.3) is 0 Å². The second kappa shape index (κ2) is 12.9. The van der Waals surface area contributed by atoms with Crippen LogP contribution in [0, 0.1) is 5.92 Å². The predicted octanol–water partition coefficient (Wildman–Crippen LogP) is 3.40. The lowest BCUT2D eigenvalue weighted by molar-refractivity contribution is 0.0220. The average Bonchev–Trinajstić information content (AvgIpc) is 3.19. The standard InChI is InChI=1S/C21H34N4OS.HI/c1-3-22-21(23-15-18(2)24-11-13-26-14-12-24)25-10-9-19(16-25)17-27-20-7-5-4-6-8-20;/h4-8,18-19H,3,9-17H2,1-2H3,(H,22,23);1H. The van der Waals surface area contributed by atoms with Crippen LogP contribution in [0.5, 0.6) is 0 Å². The molecule has 2 fully saturated rings. The molecule has 158 valence electrons. The maximum atomic E-state index is 5.46. The van der Waals surface area contributed by atoms with E-state index in [1.807, 2.05) is 11.8 Å². The third-order valence-electron chi connectivity index (χ3n) is 5.32. The van der Waals surface area contributed by atoms with Gasteiger partial charge in [0, 0.05) is 49.4 Å². The molecule has 0 radical (unpaired) electrons. The largest absolute Gasteiger partial charge is 0.379 e. The lowest BCUT2D eigenvalue weighted by Gasteiger charge is -2.31. The Morgan fingerprint density at radius 1 is 1.25 bits per heavy atom. The summed E-state index contributed by atoms with van der Waals surface area (Å²) >= 11 is 1.98. The Bertz CT molecular complexity index is 583. The number of guanidine groups is 1. The van der Waals surface area contributed by atoms with Gasteiger partial charge in [-0.15, -0.1) is 35.7 Å². The summed E-state index contributed by atoms with van der Waals surface area (Å²) in [6.07, 6.45) is 1.25. The lowest BCUT2D eigenvalue weighted by Crippen LogP contribution is -2.45. The van der Waals surface area contributed by atoms with E-state index in [0.29, 0.717) is 6.04 Å². The molecular formula is C21H35IN4OS. The zero-order chi connectivity index (χ0) is 18.9. The normalized spacial score (nSPS) is 22.0. The highest BCUT2D eigenvalue weighted by Crippen LogP contribution is 2.25. The van der Waals surface area contributed by atoms with Crippen molar-refractivity contribution in [2.75, 3.05) is 58.2 Å². The van der Waals surface area contributed by atoms with Crippen LogP contribution in [0.4, 0.5) is 0 Å². The van der Waals surface area contributed by atoms with Crippen molar-refractivity contribution >= 4 is 41.7 Å². The van der Waals surface area contributed by atoms with Crippen LogP contribution in [0.3, 0.4) is 0 Å². The van der Waals surface area contributed by atoms with Gasteiger partial charge in [0.1, 0.15) is 0 Å². The summed E-state index contributed by atoms with van der Waals surface area (Å²) in [6.45, 7) is 12.2. The summed E-state index contributed by atoms with van der Waals surface area (Å²) in [5.41, 5.74) is 0. The zero-order valence-corrected chi connectivity index (χ0v) is 20.3. The van der Waals surface area contributed by atoms with E-state index in [9.17, 15) is 0 Å². The third-order valence-corrected chi connectivity index (χ3v) is 6.57. The van der Waals surface area contributed by atoms with Crippen molar-refractivity contribution in [3.8, 4) is 0 Å². The molecule has 0 bridgehead atoms. The smallest absolute Gasteiger partial charge is 0.193 e. The summed E-state index contributed by atoms with van der Waals surface area (Å²) in [5.74, 6) is 3.00. The first kappa shape index (κ1) is 23.8. The predicted molar refractivity (Wildman–Crippen MR) is 130 cm³/mol. The van der Waals surface area contributed by atoms with Crippen LogP contribution in [0.15, 0.2) is 40.2 Å². The molecule has 1 N–H and O–H groups in total. The number of benzene rings is 1. The molecule has 28 heavy (non-hydrogen) atoms. The van der Waals surface area contributed by atoms with E-state index < -0.39 is 0 Å². The van der Waals surface area contributed by atoms with E-state index in [4.69, 9.17) is 9.73 Å². The molecule has 2 unspecified atom stereocenters. The number of ether oxygens (including phenoxy) is 1. The molecule has 2 heterocycles. The molecule has 0 saturated carbocycles. The lowest BCUT2D eigenvalue weighted by atomic mass is 10.2. The summed E-state index contributed by atoms with van der Waals surface area (Å²) in [6, 6.07) is 11.2. The minimum absolute atomic E-state index is 0. The van der Waals surface area contributed by atoms with Crippen LogP contribution < -0.4 is 5.32 Å². The highest BCUT2D eigenvalue weighted by atomic mass is 127. The number of nitrogens with one attached hydrogen (secondary N) is 1. The second-order valence-electron chi connectivity index (χ2n) is 7.42. The molecule has 7 heteroatoms. The maximum Gasteiger partial charge on any atom is 0.193 e. The molecule has 3 rings (SSSR count). The van der Waals surface area contributed by atoms with Gasteiger partial charge in [0.15, 0.2) is 5.96 Å². The third kappa shape index (κ3) is 7.39. The van der Waals surface area contributed by atoms with Crippen molar-refractivity contribution in [3.05, 3.63) is 30.3 Å². The summed E-state index contributed by atoms with van der Waals surface area (Å²) in [5, 5.41) is 3.50.